The molecule has 35 heavy (non-hydrogen) atoms. The largest absolute Gasteiger partial charge is 0.508 e. The summed E-state index contributed by atoms with van der Waals surface area (Å²) < 4.78 is 21.4. The van der Waals surface area contributed by atoms with Crippen LogP contribution in [0.2, 0.25) is 0 Å². The van der Waals surface area contributed by atoms with Crippen molar-refractivity contribution < 1.29 is 38.4 Å². The van der Waals surface area contributed by atoms with E-state index in [1.807, 2.05) is 19.9 Å². The maximum atomic E-state index is 13.1. The fraction of sp³-hybridized carbons (Fsp3) is 0.423. The van der Waals surface area contributed by atoms with Crippen molar-refractivity contribution in [2.24, 2.45) is 11.8 Å². The van der Waals surface area contributed by atoms with Crippen molar-refractivity contribution in [1.29, 1.82) is 0 Å². The number of β-lactam (4-membered cyclic amide) rings is 1. The van der Waals surface area contributed by atoms with Crippen molar-refractivity contribution >= 4 is 18.0 Å². The Morgan fingerprint density at radius 1 is 1.20 bits per heavy atom. The molecule has 4 unspecified atom stereocenters. The molecule has 2 aliphatic heterocycles. The molecule has 2 aliphatic rings. The highest BCUT2D eigenvalue weighted by Gasteiger charge is 2.61. The van der Waals surface area contributed by atoms with Crippen LogP contribution in [0.25, 0.3) is 0 Å². The minimum absolute atomic E-state index is 0.00261. The summed E-state index contributed by atoms with van der Waals surface area (Å²) in [7, 11) is 0. The molecular weight excluding hydrogens is 454 g/mol. The minimum Gasteiger partial charge on any atom is -0.489 e. The van der Waals surface area contributed by atoms with E-state index in [4.69, 9.17) is 18.9 Å². The number of fused-ring (bicyclic) bond motifs is 1. The summed E-state index contributed by atoms with van der Waals surface area (Å²) in [5, 5.41) is 9.33. The first kappa shape index (κ1) is 26.0. The van der Waals surface area contributed by atoms with Crippen molar-refractivity contribution in [2.45, 2.75) is 39.5 Å². The summed E-state index contributed by atoms with van der Waals surface area (Å²) in [4.78, 5) is 39.3. The number of carbonyl (C=O) groups is 3. The number of aliphatic hydroxyl groups excluding tert-OH is 1. The summed E-state index contributed by atoms with van der Waals surface area (Å²) in [5.74, 6) is -1.28. The number of esters is 1. The molecule has 1 aromatic rings. The van der Waals surface area contributed by atoms with Crippen molar-refractivity contribution in [3.8, 4) is 5.75 Å². The van der Waals surface area contributed by atoms with E-state index in [0.717, 1.165) is 11.1 Å². The number of aliphatic hydroxyl groups is 1. The van der Waals surface area contributed by atoms with E-state index in [9.17, 15) is 19.5 Å². The number of nitrogens with zero attached hydrogens (tertiary/aromatic N) is 1. The predicted molar refractivity (Wildman–Crippen MR) is 126 cm³/mol. The molecule has 1 fully saturated rings. The summed E-state index contributed by atoms with van der Waals surface area (Å²) in [5.41, 5.74) is 2.36. The van der Waals surface area contributed by atoms with E-state index in [2.05, 4.69) is 13.2 Å². The number of rotatable bonds is 11. The van der Waals surface area contributed by atoms with Gasteiger partial charge in [-0.05, 0) is 31.0 Å². The fourth-order valence-electron chi connectivity index (χ4n) is 4.53. The zero-order valence-electron chi connectivity index (χ0n) is 20.2. The van der Waals surface area contributed by atoms with Crippen LogP contribution in [0.3, 0.4) is 0 Å². The molecule has 1 N–H and O–H groups in total. The Labute approximate surface area is 204 Å². The average Bonchev–Trinajstić information content (AvgIpc) is 3.08. The molecule has 2 heterocycles. The predicted octanol–water partition coefficient (Wildman–Crippen LogP) is 3.05. The fourth-order valence-corrected chi connectivity index (χ4v) is 4.53. The Bertz CT molecular complexity index is 1050. The van der Waals surface area contributed by atoms with Crippen LogP contribution < -0.4 is 4.74 Å². The molecule has 0 radical (unpaired) electrons. The number of carbonyl (C=O) groups excluding carboxylic acids is 3. The Morgan fingerprint density at radius 3 is 2.51 bits per heavy atom. The quantitative estimate of drug-likeness (QED) is 0.289. The molecule has 0 spiro atoms. The van der Waals surface area contributed by atoms with Gasteiger partial charge in [0, 0.05) is 11.5 Å². The number of aryl methyl sites for hydroxylation is 1. The van der Waals surface area contributed by atoms with E-state index < -0.39 is 30.2 Å². The number of hydrogen-bond donors (Lipinski definition) is 1. The maximum Gasteiger partial charge on any atom is 0.508 e. The summed E-state index contributed by atoms with van der Waals surface area (Å²) >= 11 is 0. The Balaban J connectivity index is 1.82. The molecule has 0 aliphatic carbocycles. The number of hydrogen-bond acceptors (Lipinski definition) is 8. The van der Waals surface area contributed by atoms with Crippen LogP contribution in [0.1, 0.15) is 25.0 Å². The van der Waals surface area contributed by atoms with E-state index in [1.165, 1.54) is 17.1 Å². The lowest BCUT2D eigenvalue weighted by Crippen LogP contribution is -2.64. The van der Waals surface area contributed by atoms with Gasteiger partial charge in [-0.15, -0.1) is 0 Å². The third-order valence-corrected chi connectivity index (χ3v) is 6.23. The van der Waals surface area contributed by atoms with Crippen LogP contribution in [0.5, 0.6) is 5.75 Å². The number of ether oxygens (including phenoxy) is 4. The SMILES string of the molecule is C=CCOC(=O)OC(C)C1C(=O)N2C(C(=O)OCC=C)=C(COc3ccc(CO)cc3C)C(C)C12. The molecule has 1 saturated heterocycles. The highest BCUT2D eigenvalue weighted by Crippen LogP contribution is 2.48. The first-order valence-electron chi connectivity index (χ1n) is 11.4. The van der Waals surface area contributed by atoms with E-state index in [-0.39, 0.29) is 43.9 Å². The second-order valence-corrected chi connectivity index (χ2v) is 8.49. The zero-order chi connectivity index (χ0) is 25.7. The second kappa shape index (κ2) is 11.2. The molecule has 0 bridgehead atoms. The van der Waals surface area contributed by atoms with E-state index in [0.29, 0.717) is 11.3 Å². The molecule has 0 aromatic heterocycles. The molecule has 4 atom stereocenters. The van der Waals surface area contributed by atoms with Gasteiger partial charge in [-0.2, -0.15) is 0 Å². The van der Waals surface area contributed by atoms with Crippen LogP contribution in [-0.2, 0) is 30.4 Å². The maximum absolute atomic E-state index is 13.1. The number of benzene rings is 1. The Hall–Kier alpha value is -3.59. The van der Waals surface area contributed by atoms with Crippen LogP contribution >= 0.6 is 0 Å². The van der Waals surface area contributed by atoms with Crippen LogP contribution in [0, 0.1) is 18.8 Å². The van der Waals surface area contributed by atoms with Crippen LogP contribution in [0.4, 0.5) is 4.79 Å². The lowest BCUT2D eigenvalue weighted by atomic mass is 9.77. The van der Waals surface area contributed by atoms with Crippen molar-refractivity contribution in [1.82, 2.24) is 4.90 Å². The Kier molecular flexibility index (Phi) is 8.34. The van der Waals surface area contributed by atoms with Crippen LogP contribution in [-0.4, -0.2) is 60.0 Å². The third kappa shape index (κ3) is 5.24. The first-order valence-corrected chi connectivity index (χ1v) is 11.4. The Morgan fingerprint density at radius 2 is 1.89 bits per heavy atom. The lowest BCUT2D eigenvalue weighted by molar-refractivity contribution is -0.164. The van der Waals surface area contributed by atoms with Gasteiger partial charge in [0.1, 0.15) is 37.4 Å². The highest BCUT2D eigenvalue weighted by atomic mass is 16.7. The topological polar surface area (TPSA) is 112 Å². The van der Waals surface area contributed by atoms with Gasteiger partial charge in [0.15, 0.2) is 0 Å². The molecule has 188 valence electrons. The zero-order valence-corrected chi connectivity index (χ0v) is 20.2. The molecule has 9 nitrogen and oxygen atoms in total. The smallest absolute Gasteiger partial charge is 0.489 e. The van der Waals surface area contributed by atoms with Crippen LogP contribution in [0.15, 0.2) is 54.8 Å². The molecule has 0 saturated carbocycles. The molecule has 3 rings (SSSR count). The third-order valence-electron chi connectivity index (χ3n) is 6.23. The van der Waals surface area contributed by atoms with Gasteiger partial charge in [-0.1, -0.05) is 44.4 Å². The van der Waals surface area contributed by atoms with Crippen molar-refractivity contribution in [3.05, 3.63) is 65.9 Å². The van der Waals surface area contributed by atoms with Gasteiger partial charge in [-0.25, -0.2) is 9.59 Å². The van der Waals surface area contributed by atoms with Crippen molar-refractivity contribution in [2.75, 3.05) is 19.8 Å². The summed E-state index contributed by atoms with van der Waals surface area (Å²) in [6, 6.07) is 4.93. The number of amides is 1. The normalized spacial score (nSPS) is 21.5. The van der Waals surface area contributed by atoms with Gasteiger partial charge < -0.3 is 29.0 Å². The standard InChI is InChI=1S/C26H31NO8/c1-6-10-32-25(30)23-19(14-34-20-9-8-18(13-28)12-15(20)3)16(4)22-21(24(29)27(22)23)17(5)35-26(31)33-11-7-2/h6-9,12,16-17,21-22,28H,1-2,10-11,13-14H2,3-5H3. The highest BCUT2D eigenvalue weighted by molar-refractivity contribution is 6.01. The van der Waals surface area contributed by atoms with E-state index >= 15 is 0 Å². The first-order chi connectivity index (χ1) is 16.7. The minimum atomic E-state index is -0.891. The monoisotopic (exact) mass is 485 g/mol. The lowest BCUT2D eigenvalue weighted by Gasteiger charge is -2.47. The summed E-state index contributed by atoms with van der Waals surface area (Å²) in [6.07, 6.45) is 1.21. The molecular formula is C26H31NO8. The van der Waals surface area contributed by atoms with Gasteiger partial charge in [0.05, 0.1) is 18.6 Å². The molecule has 1 amide bonds. The van der Waals surface area contributed by atoms with Gasteiger partial charge in [0.25, 0.3) is 0 Å². The van der Waals surface area contributed by atoms with Crippen molar-refractivity contribution in [3.63, 3.8) is 0 Å². The van der Waals surface area contributed by atoms with Gasteiger partial charge >= 0.3 is 12.1 Å². The average molecular weight is 486 g/mol. The van der Waals surface area contributed by atoms with E-state index in [1.54, 1.807) is 19.1 Å². The van der Waals surface area contributed by atoms with Gasteiger partial charge in [-0.3, -0.25) is 4.79 Å². The molecule has 1 aromatic carbocycles. The van der Waals surface area contributed by atoms with Gasteiger partial charge in [0.2, 0.25) is 5.91 Å². The summed E-state index contributed by atoms with van der Waals surface area (Å²) in [6.45, 7) is 12.4. The molecule has 9 heteroatoms. The second-order valence-electron chi connectivity index (χ2n) is 8.49.